The highest BCUT2D eigenvalue weighted by Gasteiger charge is 2.53. The molecule has 1 aromatic carbocycles. The van der Waals surface area contributed by atoms with E-state index in [0.29, 0.717) is 31.1 Å². The predicted octanol–water partition coefficient (Wildman–Crippen LogP) is 3.15. The van der Waals surface area contributed by atoms with Crippen molar-refractivity contribution >= 4 is 17.6 Å². The Morgan fingerprint density at radius 3 is 2.39 bits per heavy atom. The van der Waals surface area contributed by atoms with E-state index in [1.54, 1.807) is 4.90 Å². The molecule has 1 aromatic rings. The second-order valence-electron chi connectivity index (χ2n) is 12.6. The first-order valence-electron chi connectivity index (χ1n) is 14.4. The normalized spacial score (nSPS) is 27.4. The van der Waals surface area contributed by atoms with Crippen molar-refractivity contribution in [3.8, 4) is 0 Å². The second kappa shape index (κ2) is 11.1. The molecule has 4 aliphatic rings. The molecule has 1 aliphatic carbocycles. The van der Waals surface area contributed by atoms with Gasteiger partial charge in [-0.3, -0.25) is 14.4 Å². The Hall–Kier alpha value is -2.29. The molecule has 0 spiro atoms. The van der Waals surface area contributed by atoms with E-state index in [4.69, 9.17) is 9.47 Å². The Balaban J connectivity index is 1.26. The van der Waals surface area contributed by atoms with Gasteiger partial charge in [0.15, 0.2) is 5.78 Å². The summed E-state index contributed by atoms with van der Waals surface area (Å²) in [5, 5.41) is 3.00. The average molecular weight is 526 g/mol. The first kappa shape index (κ1) is 27.3. The number of likely N-dealkylation sites (tertiary alicyclic amines) is 2. The monoisotopic (exact) mass is 525 g/mol. The minimum absolute atomic E-state index is 0.00899. The van der Waals surface area contributed by atoms with Crippen molar-refractivity contribution in [1.29, 1.82) is 0 Å². The molecule has 0 unspecified atom stereocenters. The van der Waals surface area contributed by atoms with Crippen molar-refractivity contribution in [3.05, 3.63) is 35.4 Å². The first-order chi connectivity index (χ1) is 18.1. The molecule has 8 heteroatoms. The third-order valence-electron chi connectivity index (χ3n) is 8.46. The van der Waals surface area contributed by atoms with Crippen LogP contribution in [0.3, 0.4) is 0 Å². The van der Waals surface area contributed by atoms with E-state index in [1.165, 1.54) is 18.4 Å². The Morgan fingerprint density at radius 1 is 1.11 bits per heavy atom. The van der Waals surface area contributed by atoms with E-state index in [9.17, 15) is 14.4 Å². The molecule has 4 fully saturated rings. The van der Waals surface area contributed by atoms with Gasteiger partial charge in [-0.2, -0.15) is 0 Å². The van der Waals surface area contributed by atoms with Crippen molar-refractivity contribution in [2.75, 3.05) is 32.8 Å². The lowest BCUT2D eigenvalue weighted by Crippen LogP contribution is -2.53. The van der Waals surface area contributed by atoms with Crippen LogP contribution < -0.4 is 5.32 Å². The maximum absolute atomic E-state index is 13.8. The summed E-state index contributed by atoms with van der Waals surface area (Å²) in [6.07, 6.45) is 4.70. The van der Waals surface area contributed by atoms with E-state index in [0.717, 1.165) is 32.0 Å². The molecule has 0 bridgehead atoms. The lowest BCUT2D eigenvalue weighted by molar-refractivity contribution is -0.139. The van der Waals surface area contributed by atoms with Crippen molar-refractivity contribution in [2.24, 2.45) is 5.41 Å². The zero-order valence-electron chi connectivity index (χ0n) is 23.3. The maximum atomic E-state index is 13.8. The van der Waals surface area contributed by atoms with Gasteiger partial charge in [-0.1, -0.05) is 32.9 Å². The molecule has 1 N–H and O–H groups in total. The van der Waals surface area contributed by atoms with Gasteiger partial charge in [0.2, 0.25) is 5.91 Å². The summed E-state index contributed by atoms with van der Waals surface area (Å²) >= 11 is 0. The zero-order chi connectivity index (χ0) is 27.0. The highest BCUT2D eigenvalue weighted by molar-refractivity contribution is 5.99. The minimum Gasteiger partial charge on any atom is -0.374 e. The van der Waals surface area contributed by atoms with E-state index < -0.39 is 18.2 Å². The van der Waals surface area contributed by atoms with E-state index >= 15 is 0 Å². The van der Waals surface area contributed by atoms with E-state index in [1.807, 2.05) is 39.8 Å². The number of hydrogen-bond donors (Lipinski definition) is 1. The molecule has 5 rings (SSSR count). The molecule has 1 saturated carbocycles. The number of nitrogens with zero attached hydrogens (tertiary/aromatic N) is 2. The Morgan fingerprint density at radius 2 is 1.79 bits per heavy atom. The van der Waals surface area contributed by atoms with Crippen LogP contribution in [0.2, 0.25) is 0 Å². The first-order valence-corrected chi connectivity index (χ1v) is 14.4. The van der Waals surface area contributed by atoms with Gasteiger partial charge in [-0.05, 0) is 81.1 Å². The van der Waals surface area contributed by atoms with Crippen molar-refractivity contribution in [1.82, 2.24) is 15.1 Å². The predicted molar refractivity (Wildman–Crippen MR) is 144 cm³/mol. The van der Waals surface area contributed by atoms with Crippen LogP contribution in [0.5, 0.6) is 0 Å². The third-order valence-corrected chi connectivity index (χ3v) is 8.46. The van der Waals surface area contributed by atoms with Crippen LogP contribution in [-0.2, 0) is 19.1 Å². The number of Topliss-reactive ketones (excluding diaryl/α,β-unsaturated/α-hetero) is 1. The average Bonchev–Trinajstić information content (AvgIpc) is 3.58. The molecular weight excluding hydrogens is 482 g/mol. The van der Waals surface area contributed by atoms with Gasteiger partial charge < -0.3 is 24.6 Å². The van der Waals surface area contributed by atoms with Crippen LogP contribution in [0.1, 0.15) is 81.6 Å². The molecule has 3 heterocycles. The third kappa shape index (κ3) is 5.97. The van der Waals surface area contributed by atoms with Gasteiger partial charge >= 0.3 is 0 Å². The number of amides is 2. The molecule has 0 aromatic heterocycles. The molecule has 208 valence electrons. The number of nitrogens with one attached hydrogen (secondary N) is 1. The van der Waals surface area contributed by atoms with Crippen molar-refractivity contribution in [3.63, 3.8) is 0 Å². The number of carbonyl (C=O) groups excluding carboxylic acids is 3. The standard InChI is InChI=1S/C30H43N3O5/c1-5-37-25-17-33(26-24(34)18-38-27(25)26)29(36)23(16-30(2,3)4)31-28(35)21-8-6-19(7-9-21)20-12-14-32(15-13-20)22-10-11-22/h6-9,20,22-23,25-27H,5,10-18H2,1-4H3,(H,31,35)/t23-,25-,26+,27+/m0/s1. The fraction of sp³-hybridized carbons (Fsp3) is 0.700. The summed E-state index contributed by atoms with van der Waals surface area (Å²) < 4.78 is 11.5. The van der Waals surface area contributed by atoms with Crippen molar-refractivity contribution in [2.45, 2.75) is 96.1 Å². The molecule has 0 radical (unpaired) electrons. The van der Waals surface area contributed by atoms with E-state index in [2.05, 4.69) is 22.3 Å². The Bertz CT molecular complexity index is 1020. The molecule has 3 aliphatic heterocycles. The summed E-state index contributed by atoms with van der Waals surface area (Å²) in [7, 11) is 0. The van der Waals surface area contributed by atoms with Gasteiger partial charge in [-0.25, -0.2) is 0 Å². The number of fused-ring (bicyclic) bond motifs is 1. The fourth-order valence-electron chi connectivity index (χ4n) is 6.40. The summed E-state index contributed by atoms with van der Waals surface area (Å²) in [6.45, 7) is 11.1. The van der Waals surface area contributed by atoms with Gasteiger partial charge in [0.1, 0.15) is 30.9 Å². The van der Waals surface area contributed by atoms with Crippen LogP contribution in [0, 0.1) is 5.41 Å². The highest BCUT2D eigenvalue weighted by atomic mass is 16.6. The molecule has 38 heavy (non-hydrogen) atoms. The molecular formula is C30H43N3O5. The fourth-order valence-corrected chi connectivity index (χ4v) is 6.40. The maximum Gasteiger partial charge on any atom is 0.251 e. The van der Waals surface area contributed by atoms with Crippen LogP contribution in [0.25, 0.3) is 0 Å². The highest BCUT2D eigenvalue weighted by Crippen LogP contribution is 2.35. The van der Waals surface area contributed by atoms with Crippen LogP contribution in [-0.4, -0.2) is 90.6 Å². The minimum atomic E-state index is -0.747. The quantitative estimate of drug-likeness (QED) is 0.561. The molecule has 2 amide bonds. The molecule has 3 saturated heterocycles. The number of benzene rings is 1. The smallest absolute Gasteiger partial charge is 0.251 e. The van der Waals surface area contributed by atoms with Crippen LogP contribution >= 0.6 is 0 Å². The topological polar surface area (TPSA) is 88.2 Å². The number of ether oxygens (including phenoxy) is 2. The van der Waals surface area contributed by atoms with Crippen LogP contribution in [0.4, 0.5) is 0 Å². The Kier molecular flexibility index (Phi) is 7.94. The SMILES string of the molecule is CCO[C@H]1CN(C(=O)[C@H](CC(C)(C)C)NC(=O)c2ccc(C3CCN(C4CC4)CC3)cc2)[C@@H]2C(=O)CO[C@H]12. The molecule has 8 nitrogen and oxygen atoms in total. The Labute approximate surface area is 226 Å². The van der Waals surface area contributed by atoms with Gasteiger partial charge in [0.05, 0.1) is 6.54 Å². The largest absolute Gasteiger partial charge is 0.374 e. The van der Waals surface area contributed by atoms with Gasteiger partial charge in [0, 0.05) is 18.2 Å². The van der Waals surface area contributed by atoms with E-state index in [-0.39, 0.29) is 35.7 Å². The lowest BCUT2D eigenvalue weighted by atomic mass is 9.87. The number of ketones is 1. The van der Waals surface area contributed by atoms with Crippen molar-refractivity contribution < 1.29 is 23.9 Å². The van der Waals surface area contributed by atoms with Gasteiger partial charge in [-0.15, -0.1) is 0 Å². The second-order valence-corrected chi connectivity index (χ2v) is 12.6. The van der Waals surface area contributed by atoms with Crippen LogP contribution in [0.15, 0.2) is 24.3 Å². The molecule has 4 atom stereocenters. The summed E-state index contributed by atoms with van der Waals surface area (Å²) in [6, 6.07) is 7.32. The summed E-state index contributed by atoms with van der Waals surface area (Å²) in [5.41, 5.74) is 1.62. The van der Waals surface area contributed by atoms with Gasteiger partial charge in [0.25, 0.3) is 5.91 Å². The zero-order valence-corrected chi connectivity index (χ0v) is 23.3. The summed E-state index contributed by atoms with van der Waals surface area (Å²) in [5.74, 6) is -0.0907. The number of rotatable bonds is 8. The number of hydrogen-bond acceptors (Lipinski definition) is 6. The lowest BCUT2D eigenvalue weighted by Gasteiger charge is -2.32. The summed E-state index contributed by atoms with van der Waals surface area (Å²) in [4.78, 5) is 44.0. The number of piperidine rings is 1. The number of carbonyl (C=O) groups is 3.